The van der Waals surface area contributed by atoms with E-state index in [1.165, 1.54) is 12.1 Å². The summed E-state index contributed by atoms with van der Waals surface area (Å²) in [6, 6.07) is 10.0. The maximum atomic E-state index is 13.1. The summed E-state index contributed by atoms with van der Waals surface area (Å²) in [5.74, 6) is 0.993. The number of fused-ring (bicyclic) bond motifs is 1. The molecule has 1 atom stereocenters. The Balaban J connectivity index is 1.64. The lowest BCUT2D eigenvalue weighted by Crippen LogP contribution is -2.30. The molecule has 0 radical (unpaired) electrons. The van der Waals surface area contributed by atoms with Crippen molar-refractivity contribution in [2.45, 2.75) is 13.0 Å². The second kappa shape index (κ2) is 6.60. The Morgan fingerprint density at radius 2 is 2.00 bits per heavy atom. The van der Waals surface area contributed by atoms with Crippen molar-refractivity contribution in [2.24, 2.45) is 0 Å². The zero-order valence-electron chi connectivity index (χ0n) is 12.2. The fourth-order valence-corrected chi connectivity index (χ4v) is 2.68. The van der Waals surface area contributed by atoms with Gasteiger partial charge in [0.25, 0.3) is 0 Å². The van der Waals surface area contributed by atoms with Crippen molar-refractivity contribution >= 4 is 34.6 Å². The van der Waals surface area contributed by atoms with E-state index in [4.69, 9.17) is 33.3 Å². The number of nitrogens with one attached hydrogen (secondary N) is 2. The molecule has 0 aliphatic carbocycles. The maximum Gasteiger partial charge on any atom is 0.231 e. The summed E-state index contributed by atoms with van der Waals surface area (Å²) >= 11 is 11.0. The first-order chi connectivity index (χ1) is 11.0. The van der Waals surface area contributed by atoms with Crippen LogP contribution in [0.3, 0.4) is 0 Å². The van der Waals surface area contributed by atoms with E-state index in [9.17, 15) is 4.39 Å². The molecule has 1 aliphatic heterocycles. The molecular formula is C16H14ClFN2O2S. The molecular weight excluding hydrogens is 339 g/mol. The van der Waals surface area contributed by atoms with Gasteiger partial charge in [0, 0.05) is 5.69 Å². The highest BCUT2D eigenvalue weighted by atomic mass is 35.5. The first-order valence-electron chi connectivity index (χ1n) is 6.95. The van der Waals surface area contributed by atoms with Crippen molar-refractivity contribution in [2.75, 3.05) is 12.1 Å². The normalized spacial score (nSPS) is 13.5. The smallest absolute Gasteiger partial charge is 0.231 e. The lowest BCUT2D eigenvalue weighted by atomic mass is 10.1. The average molecular weight is 353 g/mol. The number of thiocarbonyl (C=S) groups is 1. The fourth-order valence-electron chi connectivity index (χ4n) is 2.20. The molecule has 0 spiro atoms. The summed E-state index contributed by atoms with van der Waals surface area (Å²) < 4.78 is 23.8. The number of rotatable bonds is 3. The molecule has 2 aromatic carbocycles. The monoisotopic (exact) mass is 352 g/mol. The van der Waals surface area contributed by atoms with E-state index in [0.717, 1.165) is 17.1 Å². The highest BCUT2D eigenvalue weighted by Crippen LogP contribution is 2.34. The van der Waals surface area contributed by atoms with Gasteiger partial charge in [-0.25, -0.2) is 4.39 Å². The van der Waals surface area contributed by atoms with Crippen LogP contribution in [0.1, 0.15) is 18.5 Å². The average Bonchev–Trinajstić information content (AvgIpc) is 2.98. The van der Waals surface area contributed by atoms with E-state index >= 15 is 0 Å². The van der Waals surface area contributed by atoms with Gasteiger partial charge in [-0.05, 0) is 55.0 Å². The zero-order chi connectivity index (χ0) is 16.4. The van der Waals surface area contributed by atoms with Gasteiger partial charge in [-0.15, -0.1) is 0 Å². The van der Waals surface area contributed by atoms with Crippen LogP contribution in [0.25, 0.3) is 0 Å². The number of hydrogen-bond donors (Lipinski definition) is 2. The Kier molecular flexibility index (Phi) is 4.54. The van der Waals surface area contributed by atoms with Crippen molar-refractivity contribution in [3.63, 3.8) is 0 Å². The summed E-state index contributed by atoms with van der Waals surface area (Å²) in [7, 11) is 0. The van der Waals surface area contributed by atoms with Crippen molar-refractivity contribution in [1.82, 2.24) is 5.32 Å². The Morgan fingerprint density at radius 1 is 1.22 bits per heavy atom. The molecule has 120 valence electrons. The number of benzene rings is 2. The summed E-state index contributed by atoms with van der Waals surface area (Å²) in [4.78, 5) is 0. The molecule has 0 bridgehead atoms. The van der Waals surface area contributed by atoms with E-state index in [1.54, 1.807) is 6.07 Å². The fraction of sp³-hybridized carbons (Fsp3) is 0.188. The quantitative estimate of drug-likeness (QED) is 0.808. The van der Waals surface area contributed by atoms with Gasteiger partial charge in [0.2, 0.25) is 6.79 Å². The van der Waals surface area contributed by atoms with Crippen molar-refractivity contribution in [3.8, 4) is 11.5 Å². The van der Waals surface area contributed by atoms with Gasteiger partial charge in [0.15, 0.2) is 16.6 Å². The molecule has 1 aliphatic rings. The van der Waals surface area contributed by atoms with Crippen LogP contribution in [-0.4, -0.2) is 11.9 Å². The molecule has 2 N–H and O–H groups in total. The van der Waals surface area contributed by atoms with Crippen LogP contribution in [0.15, 0.2) is 36.4 Å². The lowest BCUT2D eigenvalue weighted by Gasteiger charge is -2.18. The number of ether oxygens (including phenoxy) is 2. The molecule has 0 saturated heterocycles. The molecule has 0 fully saturated rings. The maximum absolute atomic E-state index is 13.1. The van der Waals surface area contributed by atoms with E-state index < -0.39 is 5.82 Å². The van der Waals surface area contributed by atoms with Gasteiger partial charge >= 0.3 is 0 Å². The van der Waals surface area contributed by atoms with Gasteiger partial charge < -0.3 is 20.1 Å². The zero-order valence-corrected chi connectivity index (χ0v) is 13.8. The van der Waals surface area contributed by atoms with Crippen LogP contribution in [0, 0.1) is 5.82 Å². The summed E-state index contributed by atoms with van der Waals surface area (Å²) in [5.41, 5.74) is 1.63. The largest absolute Gasteiger partial charge is 0.454 e. The third-order valence-electron chi connectivity index (χ3n) is 3.42. The number of halogens is 2. The van der Waals surface area contributed by atoms with E-state index in [-0.39, 0.29) is 17.9 Å². The Bertz CT molecular complexity index is 757. The van der Waals surface area contributed by atoms with Gasteiger partial charge in [-0.3, -0.25) is 0 Å². The molecule has 0 amide bonds. The van der Waals surface area contributed by atoms with Crippen LogP contribution >= 0.6 is 23.8 Å². The molecule has 23 heavy (non-hydrogen) atoms. The topological polar surface area (TPSA) is 42.5 Å². The number of anilines is 1. The first-order valence-corrected chi connectivity index (χ1v) is 7.73. The highest BCUT2D eigenvalue weighted by molar-refractivity contribution is 7.80. The van der Waals surface area contributed by atoms with Crippen LogP contribution in [0.4, 0.5) is 10.1 Å². The molecule has 0 unspecified atom stereocenters. The molecule has 3 rings (SSSR count). The minimum absolute atomic E-state index is 0.0413. The third-order valence-corrected chi connectivity index (χ3v) is 3.93. The van der Waals surface area contributed by atoms with Crippen LogP contribution in [0.5, 0.6) is 11.5 Å². The Morgan fingerprint density at radius 3 is 2.78 bits per heavy atom. The molecule has 0 aromatic heterocycles. The minimum atomic E-state index is -0.468. The second-order valence-corrected chi connectivity index (χ2v) is 5.88. The summed E-state index contributed by atoms with van der Waals surface area (Å²) in [5, 5.41) is 6.59. The molecule has 1 heterocycles. The third kappa shape index (κ3) is 3.65. The van der Waals surface area contributed by atoms with Gasteiger partial charge in [0.05, 0.1) is 11.1 Å². The molecule has 4 nitrogen and oxygen atoms in total. The molecule has 2 aromatic rings. The Labute approximate surface area is 143 Å². The predicted molar refractivity (Wildman–Crippen MR) is 91.7 cm³/mol. The standard InChI is InChI=1S/C16H14ClFN2O2S/c1-9(10-2-5-14-15(6-10)22-8-21-14)19-16(23)20-11-3-4-13(18)12(17)7-11/h2-7,9H,8H2,1H3,(H2,19,20,23)/t9-/m1/s1. The van der Waals surface area contributed by atoms with Crippen molar-refractivity contribution < 1.29 is 13.9 Å². The summed E-state index contributed by atoms with van der Waals surface area (Å²) in [6.07, 6.45) is 0. The van der Waals surface area contributed by atoms with E-state index in [1.807, 2.05) is 25.1 Å². The SMILES string of the molecule is C[C@@H](NC(=S)Nc1ccc(F)c(Cl)c1)c1ccc2c(c1)OCO2. The van der Waals surface area contributed by atoms with Gasteiger partial charge in [-0.2, -0.15) is 0 Å². The first kappa shape index (κ1) is 15.8. The highest BCUT2D eigenvalue weighted by Gasteiger charge is 2.16. The van der Waals surface area contributed by atoms with Crippen LogP contribution in [0.2, 0.25) is 5.02 Å². The van der Waals surface area contributed by atoms with Gasteiger partial charge in [0.1, 0.15) is 5.82 Å². The molecule has 0 saturated carbocycles. The van der Waals surface area contributed by atoms with Crippen LogP contribution < -0.4 is 20.1 Å². The van der Waals surface area contributed by atoms with E-state index in [0.29, 0.717) is 10.8 Å². The lowest BCUT2D eigenvalue weighted by molar-refractivity contribution is 0.174. The molecule has 7 heteroatoms. The van der Waals surface area contributed by atoms with Crippen LogP contribution in [-0.2, 0) is 0 Å². The summed E-state index contributed by atoms with van der Waals surface area (Å²) in [6.45, 7) is 2.22. The van der Waals surface area contributed by atoms with Crippen molar-refractivity contribution in [3.05, 3.63) is 52.8 Å². The van der Waals surface area contributed by atoms with Gasteiger partial charge in [-0.1, -0.05) is 17.7 Å². The number of hydrogen-bond acceptors (Lipinski definition) is 3. The minimum Gasteiger partial charge on any atom is -0.454 e. The Hall–Kier alpha value is -2.05. The second-order valence-electron chi connectivity index (χ2n) is 5.06. The van der Waals surface area contributed by atoms with E-state index in [2.05, 4.69) is 10.6 Å². The van der Waals surface area contributed by atoms with Crippen molar-refractivity contribution in [1.29, 1.82) is 0 Å². The predicted octanol–water partition coefficient (Wildman–Crippen LogP) is 4.26.